The van der Waals surface area contributed by atoms with Gasteiger partial charge in [-0.2, -0.15) is 13.2 Å². The van der Waals surface area contributed by atoms with Crippen molar-refractivity contribution in [2.75, 3.05) is 42.1 Å². The highest BCUT2D eigenvalue weighted by Gasteiger charge is 2.48. The maximum Gasteiger partial charge on any atom is 0.501 e. The molecular formula is C47H49ClF3N4O6S3. The van der Waals surface area contributed by atoms with Gasteiger partial charge in [0, 0.05) is 52.1 Å². The number of amides is 1. The first-order valence-electron chi connectivity index (χ1n) is 20.9. The lowest BCUT2D eigenvalue weighted by Crippen LogP contribution is -2.36. The number of anilines is 2. The van der Waals surface area contributed by atoms with Crippen LogP contribution in [-0.2, 0) is 19.9 Å². The minimum atomic E-state index is -6.07. The van der Waals surface area contributed by atoms with Crippen LogP contribution in [-0.4, -0.2) is 82.3 Å². The van der Waals surface area contributed by atoms with E-state index in [9.17, 15) is 39.9 Å². The van der Waals surface area contributed by atoms with Crippen molar-refractivity contribution in [2.24, 2.45) is 5.92 Å². The van der Waals surface area contributed by atoms with Crippen LogP contribution >= 0.6 is 23.4 Å². The molecule has 0 spiro atoms. The number of sulfone groups is 1. The molecule has 1 radical (unpaired) electrons. The number of aliphatic hydroxyl groups excluding tert-OH is 1. The molecule has 0 unspecified atom stereocenters. The fourth-order valence-corrected chi connectivity index (χ4v) is 11.6. The Bertz CT molecular complexity index is 2620. The highest BCUT2D eigenvalue weighted by Crippen LogP contribution is 2.39. The van der Waals surface area contributed by atoms with Gasteiger partial charge < -0.3 is 20.2 Å². The van der Waals surface area contributed by atoms with E-state index in [2.05, 4.69) is 22.0 Å². The number of rotatable bonds is 16. The summed E-state index contributed by atoms with van der Waals surface area (Å²) in [6.45, 7) is 6.57. The molecule has 64 heavy (non-hydrogen) atoms. The van der Waals surface area contributed by atoms with E-state index in [1.807, 2.05) is 83.6 Å². The van der Waals surface area contributed by atoms with E-state index >= 15 is 0 Å². The number of hydrogen-bond donors (Lipinski definition) is 3. The lowest BCUT2D eigenvalue weighted by molar-refractivity contribution is -0.0435. The van der Waals surface area contributed by atoms with Gasteiger partial charge in [0.2, 0.25) is 0 Å². The number of piperidine rings is 1. The maximum absolute atomic E-state index is 14.2. The standard InChI is InChI=1S/C47H49ClF3N4O6S3/c1-2-54-26-8-9-38(54)29-36(31-62-39-10-4-3-5-11-39)52-43-23-22-40(30-44(43)63(58,59)47(49,50)51)64(60,61)53-46(57)34-16-20-37(21-17-34)55-27-24-33(25-28-55)45(56)42-13-7-6-12-41(42)32-14-18-35(48)19-15-32/h3-7,10-23,30,33,36,38,45,52,56H,1-2,8-9,24-29,31H2,(H,53,57)/t36-,38+,45-/m1/s1. The number of likely N-dealkylation sites (tertiary alicyclic amines) is 1. The van der Waals surface area contributed by atoms with E-state index in [0.717, 1.165) is 58.8 Å². The van der Waals surface area contributed by atoms with Crippen molar-refractivity contribution in [3.8, 4) is 11.1 Å². The van der Waals surface area contributed by atoms with E-state index in [1.165, 1.54) is 23.9 Å². The van der Waals surface area contributed by atoms with Crippen molar-refractivity contribution in [3.05, 3.63) is 144 Å². The number of hydrogen-bond acceptors (Lipinski definition) is 10. The second-order valence-corrected chi connectivity index (χ2v) is 21.1. The number of aliphatic hydroxyl groups is 1. The number of carbonyl (C=O) groups excluding carboxylic acids is 1. The minimum Gasteiger partial charge on any atom is -0.388 e. The van der Waals surface area contributed by atoms with Gasteiger partial charge in [-0.25, -0.2) is 21.6 Å². The van der Waals surface area contributed by atoms with Crippen LogP contribution in [0.5, 0.6) is 0 Å². The van der Waals surface area contributed by atoms with E-state index in [1.54, 1.807) is 12.1 Å². The van der Waals surface area contributed by atoms with Crippen LogP contribution in [0.3, 0.4) is 0 Å². The van der Waals surface area contributed by atoms with Gasteiger partial charge >= 0.3 is 5.51 Å². The van der Waals surface area contributed by atoms with Crippen molar-refractivity contribution in [3.63, 3.8) is 0 Å². The summed E-state index contributed by atoms with van der Waals surface area (Å²) in [6.07, 6.45) is 2.89. The minimum absolute atomic E-state index is 0.0158. The van der Waals surface area contributed by atoms with E-state index in [-0.39, 0.29) is 17.5 Å². The molecule has 2 saturated heterocycles. The molecule has 17 heteroatoms. The Hall–Kier alpha value is -4.58. The Balaban J connectivity index is 1.04. The molecule has 339 valence electrons. The molecule has 2 aliphatic heterocycles. The lowest BCUT2D eigenvalue weighted by Gasteiger charge is -2.36. The second kappa shape index (κ2) is 20.3. The van der Waals surface area contributed by atoms with Crippen molar-refractivity contribution >= 4 is 60.5 Å². The molecule has 0 aromatic heterocycles. The van der Waals surface area contributed by atoms with Crippen LogP contribution in [0.15, 0.2) is 136 Å². The zero-order chi connectivity index (χ0) is 45.6. The fraction of sp³-hybridized carbons (Fsp3) is 0.319. The number of benzene rings is 5. The molecule has 2 aliphatic rings. The summed E-state index contributed by atoms with van der Waals surface area (Å²) >= 11 is 7.55. The van der Waals surface area contributed by atoms with E-state index < -0.39 is 58.9 Å². The number of nitrogens with zero attached hydrogens (tertiary/aromatic N) is 2. The third kappa shape index (κ3) is 11.1. The summed E-state index contributed by atoms with van der Waals surface area (Å²) in [4.78, 5) is 16.4. The molecule has 7 rings (SSSR count). The predicted molar refractivity (Wildman–Crippen MR) is 247 cm³/mol. The largest absolute Gasteiger partial charge is 0.501 e. The Morgan fingerprint density at radius 2 is 1.53 bits per heavy atom. The van der Waals surface area contributed by atoms with Gasteiger partial charge in [-0.15, -0.1) is 11.8 Å². The summed E-state index contributed by atoms with van der Waals surface area (Å²) in [6, 6.07) is 32.7. The Kier molecular flexibility index (Phi) is 15.0. The average Bonchev–Trinajstić information content (AvgIpc) is 3.75. The summed E-state index contributed by atoms with van der Waals surface area (Å²) in [7, 11) is -10.9. The van der Waals surface area contributed by atoms with Crippen LogP contribution in [0, 0.1) is 12.8 Å². The molecule has 0 saturated carbocycles. The van der Waals surface area contributed by atoms with Crippen LogP contribution in [0.1, 0.15) is 54.1 Å². The average molecular weight is 955 g/mol. The van der Waals surface area contributed by atoms with E-state index in [0.29, 0.717) is 55.7 Å². The van der Waals surface area contributed by atoms with Crippen molar-refractivity contribution in [2.45, 2.75) is 70.5 Å². The first-order chi connectivity index (χ1) is 30.5. The molecule has 0 aliphatic carbocycles. The zero-order valence-electron chi connectivity index (χ0n) is 34.8. The summed E-state index contributed by atoms with van der Waals surface area (Å²) in [5, 5.41) is 15.1. The topological polar surface area (TPSA) is 136 Å². The lowest BCUT2D eigenvalue weighted by atomic mass is 9.84. The van der Waals surface area contributed by atoms with Crippen LogP contribution in [0.25, 0.3) is 11.1 Å². The molecular weight excluding hydrogens is 905 g/mol. The third-order valence-corrected chi connectivity index (χ3v) is 16.2. The van der Waals surface area contributed by atoms with Gasteiger partial charge in [-0.3, -0.25) is 4.79 Å². The Labute approximate surface area is 382 Å². The van der Waals surface area contributed by atoms with Gasteiger partial charge in [-0.05, 0) is 141 Å². The number of carbonyl (C=O) groups is 1. The van der Waals surface area contributed by atoms with Gasteiger partial charge in [0.05, 0.1) is 16.7 Å². The molecule has 0 bridgehead atoms. The third-order valence-electron chi connectivity index (χ3n) is 11.9. The molecule has 1 amide bonds. The first-order valence-corrected chi connectivity index (χ1v) is 25.2. The molecule has 2 fully saturated rings. The highest BCUT2D eigenvalue weighted by molar-refractivity contribution is 7.99. The van der Waals surface area contributed by atoms with Gasteiger partial charge in [-0.1, -0.05) is 66.2 Å². The Morgan fingerprint density at radius 1 is 0.859 bits per heavy atom. The Morgan fingerprint density at radius 3 is 2.20 bits per heavy atom. The molecule has 10 nitrogen and oxygen atoms in total. The highest BCUT2D eigenvalue weighted by atomic mass is 35.5. The molecule has 5 aromatic rings. The molecule has 3 N–H and O–H groups in total. The van der Waals surface area contributed by atoms with Gasteiger partial charge in [0.1, 0.15) is 4.90 Å². The maximum atomic E-state index is 14.2. The van der Waals surface area contributed by atoms with Crippen molar-refractivity contribution < 1.29 is 39.9 Å². The molecule has 5 aromatic carbocycles. The summed E-state index contributed by atoms with van der Waals surface area (Å²) in [5.74, 6) is -0.702. The SMILES string of the molecule is [CH2]CN1CCC[C@H]1C[C@H](CSc1ccccc1)Nc1ccc(S(=O)(=O)NC(=O)c2ccc(N3CCC([C@@H](O)c4ccccc4-c4ccc(Cl)cc4)CC3)cc2)cc1S(=O)(=O)C(F)(F)F. The predicted octanol–water partition coefficient (Wildman–Crippen LogP) is 9.63. The fourth-order valence-electron chi connectivity index (χ4n) is 8.46. The number of thioether (sulfide) groups is 1. The quantitative estimate of drug-likeness (QED) is 0.0821. The molecule has 3 atom stereocenters. The smallest absolute Gasteiger partial charge is 0.388 e. The molecule has 2 heterocycles. The summed E-state index contributed by atoms with van der Waals surface area (Å²) < 4.78 is 97.8. The van der Waals surface area contributed by atoms with Crippen LogP contribution < -0.4 is 14.9 Å². The van der Waals surface area contributed by atoms with Crippen LogP contribution in [0.4, 0.5) is 24.5 Å². The van der Waals surface area contributed by atoms with E-state index in [4.69, 9.17) is 11.6 Å². The number of halogens is 4. The first kappa shape index (κ1) is 47.4. The van der Waals surface area contributed by atoms with Gasteiger partial charge in [0.15, 0.2) is 0 Å². The normalized spacial score (nSPS) is 17.5. The number of nitrogens with one attached hydrogen (secondary N) is 2. The monoisotopic (exact) mass is 953 g/mol. The van der Waals surface area contributed by atoms with Gasteiger partial charge in [0.25, 0.3) is 25.8 Å². The van der Waals surface area contributed by atoms with Crippen molar-refractivity contribution in [1.82, 2.24) is 9.62 Å². The van der Waals surface area contributed by atoms with Crippen LogP contribution in [0.2, 0.25) is 5.02 Å². The summed E-state index contributed by atoms with van der Waals surface area (Å²) in [5.41, 5.74) is -2.71. The van der Waals surface area contributed by atoms with Crippen molar-refractivity contribution in [1.29, 1.82) is 0 Å². The zero-order valence-corrected chi connectivity index (χ0v) is 38.0. The number of alkyl halides is 3. The second-order valence-electron chi connectivity index (χ2n) is 16.0. The number of sulfonamides is 1.